The van der Waals surface area contributed by atoms with Crippen molar-refractivity contribution in [3.05, 3.63) is 29.3 Å². The zero-order valence-corrected chi connectivity index (χ0v) is 12.2. The standard InChI is InChI=1S/C15H20ClN3/c1-10(2)11-7-15(8-11)9-18-14(17)19(15)13-5-3-12(16)4-6-13/h3-6,10-11H,7-9H2,1-2H3,(H2,17,18). The lowest BCUT2D eigenvalue weighted by Gasteiger charge is -2.52. The molecule has 1 aromatic carbocycles. The second-order valence-electron chi connectivity index (χ2n) is 6.12. The molecule has 2 aliphatic rings. The molecule has 0 saturated heterocycles. The average Bonchev–Trinajstić information content (AvgIpc) is 2.66. The van der Waals surface area contributed by atoms with E-state index in [1.165, 1.54) is 12.8 Å². The first-order chi connectivity index (χ1) is 9.02. The van der Waals surface area contributed by atoms with Crippen LogP contribution in [0.25, 0.3) is 0 Å². The first kappa shape index (κ1) is 12.8. The van der Waals surface area contributed by atoms with Crippen molar-refractivity contribution < 1.29 is 0 Å². The number of rotatable bonds is 2. The zero-order chi connectivity index (χ0) is 13.6. The summed E-state index contributed by atoms with van der Waals surface area (Å²) in [7, 11) is 0. The van der Waals surface area contributed by atoms with E-state index in [1.54, 1.807) is 0 Å². The van der Waals surface area contributed by atoms with Gasteiger partial charge < -0.3 is 10.6 Å². The van der Waals surface area contributed by atoms with Crippen molar-refractivity contribution >= 4 is 23.2 Å². The summed E-state index contributed by atoms with van der Waals surface area (Å²) in [4.78, 5) is 6.68. The van der Waals surface area contributed by atoms with Crippen LogP contribution in [0.4, 0.5) is 5.69 Å². The van der Waals surface area contributed by atoms with Gasteiger partial charge in [0.1, 0.15) is 0 Å². The zero-order valence-electron chi connectivity index (χ0n) is 11.4. The van der Waals surface area contributed by atoms with E-state index in [-0.39, 0.29) is 5.54 Å². The Morgan fingerprint density at radius 3 is 2.53 bits per heavy atom. The topological polar surface area (TPSA) is 41.6 Å². The fourth-order valence-corrected chi connectivity index (χ4v) is 3.43. The molecule has 0 radical (unpaired) electrons. The summed E-state index contributed by atoms with van der Waals surface area (Å²) in [6, 6.07) is 7.88. The van der Waals surface area contributed by atoms with E-state index < -0.39 is 0 Å². The van der Waals surface area contributed by atoms with Crippen LogP contribution < -0.4 is 10.6 Å². The van der Waals surface area contributed by atoms with E-state index in [0.29, 0.717) is 5.96 Å². The molecule has 0 amide bonds. The molecule has 1 aromatic rings. The summed E-state index contributed by atoms with van der Waals surface area (Å²) >= 11 is 5.96. The first-order valence-corrected chi connectivity index (χ1v) is 7.25. The van der Waals surface area contributed by atoms with Crippen LogP contribution in [0.3, 0.4) is 0 Å². The molecule has 1 heterocycles. The normalized spacial score (nSPS) is 29.8. The van der Waals surface area contributed by atoms with Crippen LogP contribution in [0.5, 0.6) is 0 Å². The molecule has 0 unspecified atom stereocenters. The minimum absolute atomic E-state index is 0.118. The molecule has 3 rings (SSSR count). The Hall–Kier alpha value is -1.22. The Balaban J connectivity index is 1.86. The number of nitrogens with two attached hydrogens (primary N) is 1. The predicted octanol–water partition coefficient (Wildman–Crippen LogP) is 3.28. The molecule has 1 saturated carbocycles. The Kier molecular flexibility index (Phi) is 2.97. The molecule has 1 fully saturated rings. The Labute approximate surface area is 119 Å². The van der Waals surface area contributed by atoms with Gasteiger partial charge in [0.2, 0.25) is 0 Å². The highest BCUT2D eigenvalue weighted by Gasteiger charge is 2.53. The third-order valence-corrected chi connectivity index (χ3v) is 4.80. The van der Waals surface area contributed by atoms with Crippen molar-refractivity contribution in [1.29, 1.82) is 0 Å². The summed E-state index contributed by atoms with van der Waals surface area (Å²) in [5.41, 5.74) is 7.32. The van der Waals surface area contributed by atoms with E-state index >= 15 is 0 Å². The van der Waals surface area contributed by atoms with Gasteiger partial charge in [0.15, 0.2) is 5.96 Å². The molecule has 1 aliphatic heterocycles. The lowest BCUT2D eigenvalue weighted by molar-refractivity contribution is 0.121. The van der Waals surface area contributed by atoms with Gasteiger partial charge in [-0.2, -0.15) is 0 Å². The van der Waals surface area contributed by atoms with Gasteiger partial charge in [-0.05, 0) is 48.9 Å². The quantitative estimate of drug-likeness (QED) is 0.901. The highest BCUT2D eigenvalue weighted by molar-refractivity contribution is 6.30. The lowest BCUT2D eigenvalue weighted by Crippen LogP contribution is -2.60. The Morgan fingerprint density at radius 2 is 1.95 bits per heavy atom. The van der Waals surface area contributed by atoms with Gasteiger partial charge in [-0.15, -0.1) is 0 Å². The molecule has 3 nitrogen and oxygen atoms in total. The number of guanidine groups is 1. The molecule has 102 valence electrons. The monoisotopic (exact) mass is 277 g/mol. The van der Waals surface area contributed by atoms with Crippen LogP contribution in [0.15, 0.2) is 29.3 Å². The summed E-state index contributed by atoms with van der Waals surface area (Å²) in [6.45, 7) is 5.41. The van der Waals surface area contributed by atoms with Gasteiger partial charge in [-0.25, -0.2) is 0 Å². The molecule has 0 aromatic heterocycles. The van der Waals surface area contributed by atoms with Crippen molar-refractivity contribution in [2.45, 2.75) is 32.2 Å². The number of aliphatic imine (C=N–C) groups is 1. The molecule has 4 heteroatoms. The fraction of sp³-hybridized carbons (Fsp3) is 0.533. The number of halogens is 1. The third-order valence-electron chi connectivity index (χ3n) is 4.55. The minimum Gasteiger partial charge on any atom is -0.369 e. The molecule has 2 N–H and O–H groups in total. The number of anilines is 1. The maximum absolute atomic E-state index is 6.10. The molecule has 0 bridgehead atoms. The van der Waals surface area contributed by atoms with Crippen molar-refractivity contribution in [2.75, 3.05) is 11.4 Å². The van der Waals surface area contributed by atoms with Crippen LogP contribution in [-0.2, 0) is 0 Å². The van der Waals surface area contributed by atoms with Crippen LogP contribution in [0.1, 0.15) is 26.7 Å². The fourth-order valence-electron chi connectivity index (χ4n) is 3.31. The summed E-state index contributed by atoms with van der Waals surface area (Å²) in [5.74, 6) is 2.17. The smallest absolute Gasteiger partial charge is 0.196 e. The van der Waals surface area contributed by atoms with Crippen molar-refractivity contribution in [3.63, 3.8) is 0 Å². The Morgan fingerprint density at radius 1 is 1.32 bits per heavy atom. The van der Waals surface area contributed by atoms with E-state index in [9.17, 15) is 0 Å². The third kappa shape index (κ3) is 2.00. The highest BCUT2D eigenvalue weighted by atomic mass is 35.5. The van der Waals surface area contributed by atoms with E-state index in [4.69, 9.17) is 17.3 Å². The summed E-state index contributed by atoms with van der Waals surface area (Å²) in [5, 5.41) is 0.751. The molecule has 0 atom stereocenters. The maximum Gasteiger partial charge on any atom is 0.196 e. The maximum atomic E-state index is 6.10. The van der Waals surface area contributed by atoms with Crippen LogP contribution in [0, 0.1) is 11.8 Å². The van der Waals surface area contributed by atoms with E-state index in [0.717, 1.165) is 29.1 Å². The molecular weight excluding hydrogens is 258 g/mol. The lowest BCUT2D eigenvalue weighted by atomic mass is 9.63. The molecular formula is C15H20ClN3. The predicted molar refractivity (Wildman–Crippen MR) is 80.7 cm³/mol. The van der Waals surface area contributed by atoms with Gasteiger partial charge in [0, 0.05) is 10.7 Å². The van der Waals surface area contributed by atoms with Crippen LogP contribution >= 0.6 is 11.6 Å². The summed E-state index contributed by atoms with van der Waals surface area (Å²) < 4.78 is 0. The van der Waals surface area contributed by atoms with Gasteiger partial charge in [-0.3, -0.25) is 4.99 Å². The van der Waals surface area contributed by atoms with Crippen LogP contribution in [-0.4, -0.2) is 18.0 Å². The van der Waals surface area contributed by atoms with E-state index in [1.807, 2.05) is 24.3 Å². The second-order valence-corrected chi connectivity index (χ2v) is 6.56. The Bertz CT molecular complexity index is 501. The molecule has 19 heavy (non-hydrogen) atoms. The van der Waals surface area contributed by atoms with Gasteiger partial charge in [0.25, 0.3) is 0 Å². The first-order valence-electron chi connectivity index (χ1n) is 6.87. The minimum atomic E-state index is 0.118. The largest absolute Gasteiger partial charge is 0.369 e. The number of hydrogen-bond acceptors (Lipinski definition) is 3. The number of nitrogens with zero attached hydrogens (tertiary/aromatic N) is 2. The number of hydrogen-bond donors (Lipinski definition) is 1. The van der Waals surface area contributed by atoms with Crippen molar-refractivity contribution in [2.24, 2.45) is 22.6 Å². The summed E-state index contributed by atoms with van der Waals surface area (Å²) in [6.07, 6.45) is 2.36. The van der Waals surface area contributed by atoms with Gasteiger partial charge in [0.05, 0.1) is 12.1 Å². The van der Waals surface area contributed by atoms with Crippen molar-refractivity contribution in [1.82, 2.24) is 0 Å². The second kappa shape index (κ2) is 4.41. The average molecular weight is 278 g/mol. The number of benzene rings is 1. The van der Waals surface area contributed by atoms with Crippen molar-refractivity contribution in [3.8, 4) is 0 Å². The highest BCUT2D eigenvalue weighted by Crippen LogP contribution is 2.49. The molecule has 1 aliphatic carbocycles. The SMILES string of the molecule is CC(C)C1CC2(CN=C(N)N2c2ccc(Cl)cc2)C1. The van der Waals surface area contributed by atoms with Gasteiger partial charge >= 0.3 is 0 Å². The van der Waals surface area contributed by atoms with Gasteiger partial charge in [-0.1, -0.05) is 25.4 Å². The van der Waals surface area contributed by atoms with Crippen LogP contribution in [0.2, 0.25) is 5.02 Å². The van der Waals surface area contributed by atoms with E-state index in [2.05, 4.69) is 23.7 Å². The molecule has 1 spiro atoms.